The van der Waals surface area contributed by atoms with Crippen LogP contribution < -0.4 is 10.6 Å². The monoisotopic (exact) mass is 316 g/mol. The molecule has 20 heavy (non-hydrogen) atoms. The molecule has 0 aromatic heterocycles. The molecule has 2 rings (SSSR count). The van der Waals surface area contributed by atoms with Crippen molar-refractivity contribution in [3.05, 3.63) is 34.9 Å². The van der Waals surface area contributed by atoms with Gasteiger partial charge in [-0.25, -0.2) is 13.2 Å². The number of nitrogens with one attached hydrogen (secondary N) is 2. The summed E-state index contributed by atoms with van der Waals surface area (Å²) in [7, 11) is -2.99. The molecule has 1 saturated heterocycles. The summed E-state index contributed by atoms with van der Waals surface area (Å²) < 4.78 is 22.6. The number of carbonyl (C=O) groups excluding carboxylic acids is 1. The third-order valence-corrected chi connectivity index (χ3v) is 5.40. The number of amides is 2. The SMILES string of the molecule is C[C@@H](NC(=O)N[C@@H]1CCS(=O)(=O)C1)c1ccccc1Cl. The second-order valence-corrected chi connectivity index (χ2v) is 7.60. The van der Waals surface area contributed by atoms with E-state index in [0.717, 1.165) is 5.56 Å². The number of benzene rings is 1. The Bertz CT molecular complexity index is 603. The maximum Gasteiger partial charge on any atom is 0.315 e. The zero-order valence-corrected chi connectivity index (χ0v) is 12.7. The fraction of sp³-hybridized carbons (Fsp3) is 0.462. The van der Waals surface area contributed by atoms with E-state index in [-0.39, 0.29) is 29.6 Å². The quantitative estimate of drug-likeness (QED) is 0.894. The normalized spacial score (nSPS) is 22.2. The zero-order valence-electron chi connectivity index (χ0n) is 11.1. The van der Waals surface area contributed by atoms with E-state index in [1.54, 1.807) is 6.07 Å². The Morgan fingerprint density at radius 1 is 1.40 bits per heavy atom. The van der Waals surface area contributed by atoms with Crippen molar-refractivity contribution in [2.75, 3.05) is 11.5 Å². The number of hydrogen-bond donors (Lipinski definition) is 2. The Balaban J connectivity index is 1.90. The molecule has 5 nitrogen and oxygen atoms in total. The molecular weight excluding hydrogens is 300 g/mol. The van der Waals surface area contributed by atoms with Crippen LogP contribution in [0, 0.1) is 0 Å². The van der Waals surface area contributed by atoms with Gasteiger partial charge in [-0.05, 0) is 25.0 Å². The van der Waals surface area contributed by atoms with E-state index in [4.69, 9.17) is 11.6 Å². The van der Waals surface area contributed by atoms with Crippen molar-refractivity contribution in [3.63, 3.8) is 0 Å². The highest BCUT2D eigenvalue weighted by Gasteiger charge is 2.29. The summed E-state index contributed by atoms with van der Waals surface area (Å²) in [6.07, 6.45) is 0.468. The van der Waals surface area contributed by atoms with Crippen LogP contribution in [0.5, 0.6) is 0 Å². The zero-order chi connectivity index (χ0) is 14.8. The number of rotatable bonds is 3. The minimum Gasteiger partial charge on any atom is -0.334 e. The number of sulfone groups is 1. The fourth-order valence-electron chi connectivity index (χ4n) is 2.24. The molecule has 0 radical (unpaired) electrons. The minimum atomic E-state index is -2.99. The highest BCUT2D eigenvalue weighted by molar-refractivity contribution is 7.91. The number of hydrogen-bond acceptors (Lipinski definition) is 3. The first-order valence-electron chi connectivity index (χ1n) is 6.39. The predicted octanol–water partition coefficient (Wildman–Crippen LogP) is 1.89. The van der Waals surface area contributed by atoms with Gasteiger partial charge in [0, 0.05) is 11.1 Å². The van der Waals surface area contributed by atoms with Gasteiger partial charge in [-0.15, -0.1) is 0 Å². The number of carbonyl (C=O) groups is 1. The Morgan fingerprint density at radius 2 is 2.10 bits per heavy atom. The summed E-state index contributed by atoms with van der Waals surface area (Å²) in [6, 6.07) is 6.34. The summed E-state index contributed by atoms with van der Waals surface area (Å²) in [5.41, 5.74) is 0.823. The van der Waals surface area contributed by atoms with Crippen LogP contribution in [0.4, 0.5) is 4.79 Å². The molecule has 1 aromatic rings. The standard InChI is InChI=1S/C13H17ClN2O3S/c1-9(11-4-2-3-5-12(11)14)15-13(17)16-10-6-7-20(18,19)8-10/h2-5,9-10H,6-8H2,1H3,(H2,15,16,17)/t9-,10-/m1/s1. The molecule has 1 fully saturated rings. The molecule has 110 valence electrons. The van der Waals surface area contributed by atoms with Gasteiger partial charge in [0.05, 0.1) is 17.5 Å². The van der Waals surface area contributed by atoms with E-state index < -0.39 is 9.84 Å². The van der Waals surface area contributed by atoms with Crippen LogP contribution in [0.2, 0.25) is 5.02 Å². The summed E-state index contributed by atoms with van der Waals surface area (Å²) in [4.78, 5) is 11.8. The van der Waals surface area contributed by atoms with Gasteiger partial charge in [0.2, 0.25) is 0 Å². The summed E-state index contributed by atoms with van der Waals surface area (Å²) >= 11 is 6.06. The molecule has 2 N–H and O–H groups in total. The molecule has 1 aliphatic heterocycles. The van der Waals surface area contributed by atoms with Crippen molar-refractivity contribution < 1.29 is 13.2 Å². The van der Waals surface area contributed by atoms with E-state index in [2.05, 4.69) is 10.6 Å². The molecule has 0 spiro atoms. The van der Waals surface area contributed by atoms with Gasteiger partial charge in [0.15, 0.2) is 9.84 Å². The maximum absolute atomic E-state index is 11.8. The van der Waals surface area contributed by atoms with Crippen LogP contribution in [0.1, 0.15) is 24.9 Å². The van der Waals surface area contributed by atoms with Crippen LogP contribution >= 0.6 is 11.6 Å². The molecule has 0 unspecified atom stereocenters. The highest BCUT2D eigenvalue weighted by atomic mass is 35.5. The molecule has 1 heterocycles. The van der Waals surface area contributed by atoms with Crippen LogP contribution in [0.3, 0.4) is 0 Å². The molecule has 0 aliphatic carbocycles. The third-order valence-electron chi connectivity index (χ3n) is 3.29. The number of urea groups is 1. The first-order valence-corrected chi connectivity index (χ1v) is 8.59. The second-order valence-electron chi connectivity index (χ2n) is 4.96. The van der Waals surface area contributed by atoms with Gasteiger partial charge in [-0.1, -0.05) is 29.8 Å². The van der Waals surface area contributed by atoms with Crippen molar-refractivity contribution in [2.24, 2.45) is 0 Å². The average molecular weight is 317 g/mol. The Hall–Kier alpha value is -1.27. The van der Waals surface area contributed by atoms with Gasteiger partial charge in [0.1, 0.15) is 0 Å². The van der Waals surface area contributed by atoms with Crippen LogP contribution in [-0.2, 0) is 9.84 Å². The van der Waals surface area contributed by atoms with Crippen molar-refractivity contribution in [1.29, 1.82) is 0 Å². The van der Waals surface area contributed by atoms with E-state index in [1.165, 1.54) is 0 Å². The molecular formula is C13H17ClN2O3S. The summed E-state index contributed by atoms with van der Waals surface area (Å²) in [5, 5.41) is 6.03. The maximum atomic E-state index is 11.8. The lowest BCUT2D eigenvalue weighted by atomic mass is 10.1. The second kappa shape index (κ2) is 6.01. The highest BCUT2D eigenvalue weighted by Crippen LogP contribution is 2.22. The molecule has 2 atom stereocenters. The molecule has 0 bridgehead atoms. The van der Waals surface area contributed by atoms with Crippen molar-refractivity contribution >= 4 is 27.5 Å². The van der Waals surface area contributed by atoms with Crippen molar-refractivity contribution in [2.45, 2.75) is 25.4 Å². The molecule has 1 aromatic carbocycles. The topological polar surface area (TPSA) is 75.3 Å². The van der Waals surface area contributed by atoms with Gasteiger partial charge < -0.3 is 10.6 Å². The molecule has 1 aliphatic rings. The van der Waals surface area contributed by atoms with Crippen molar-refractivity contribution in [1.82, 2.24) is 10.6 Å². The van der Waals surface area contributed by atoms with Gasteiger partial charge in [-0.2, -0.15) is 0 Å². The van der Waals surface area contributed by atoms with Crippen LogP contribution in [0.25, 0.3) is 0 Å². The third kappa shape index (κ3) is 3.86. The lowest BCUT2D eigenvalue weighted by Gasteiger charge is -2.18. The Labute approximate surface area is 123 Å². The lowest BCUT2D eigenvalue weighted by Crippen LogP contribution is -2.43. The van der Waals surface area contributed by atoms with Gasteiger partial charge in [-0.3, -0.25) is 0 Å². The number of halogens is 1. The van der Waals surface area contributed by atoms with Gasteiger partial charge >= 0.3 is 6.03 Å². The predicted molar refractivity (Wildman–Crippen MR) is 78.6 cm³/mol. The smallest absolute Gasteiger partial charge is 0.315 e. The Morgan fingerprint density at radius 3 is 2.70 bits per heavy atom. The van der Waals surface area contributed by atoms with E-state index in [9.17, 15) is 13.2 Å². The van der Waals surface area contributed by atoms with E-state index in [1.807, 2.05) is 25.1 Å². The summed E-state index contributed by atoms with van der Waals surface area (Å²) in [5.74, 6) is 0.152. The van der Waals surface area contributed by atoms with Crippen molar-refractivity contribution in [3.8, 4) is 0 Å². The van der Waals surface area contributed by atoms with Crippen LogP contribution in [-0.4, -0.2) is 32.0 Å². The molecule has 7 heteroatoms. The first kappa shape index (κ1) is 15.1. The van der Waals surface area contributed by atoms with Gasteiger partial charge in [0.25, 0.3) is 0 Å². The van der Waals surface area contributed by atoms with E-state index in [0.29, 0.717) is 11.4 Å². The van der Waals surface area contributed by atoms with Crippen LogP contribution in [0.15, 0.2) is 24.3 Å². The minimum absolute atomic E-state index is 0.0148. The fourth-order valence-corrected chi connectivity index (χ4v) is 4.21. The average Bonchev–Trinajstić information content (AvgIpc) is 2.68. The lowest BCUT2D eigenvalue weighted by molar-refractivity contribution is 0.235. The molecule has 2 amide bonds. The largest absolute Gasteiger partial charge is 0.334 e. The first-order chi connectivity index (χ1) is 9.37. The van der Waals surface area contributed by atoms with E-state index >= 15 is 0 Å². The molecule has 0 saturated carbocycles. The Kier molecular flexibility index (Phi) is 4.55. The summed E-state index contributed by atoms with van der Waals surface area (Å²) in [6.45, 7) is 1.83.